The van der Waals surface area contributed by atoms with Crippen LogP contribution in [0, 0.1) is 0 Å². The zero-order chi connectivity index (χ0) is 17.2. The number of nitrogens with one attached hydrogen (secondary N) is 1. The standard InChI is InChI=1S/C17H19N5O3/c23-15-9-14(22-17(20-15)18-11-19-22)12-3-5-13(6-4-12)25-10-16(24)21-7-1-2-8-21/h3-6,11,14H,1-2,7-10H2,(H,18,19,20,23). The van der Waals surface area contributed by atoms with E-state index in [1.165, 1.54) is 6.33 Å². The highest BCUT2D eigenvalue weighted by Gasteiger charge is 2.27. The Morgan fingerprint density at radius 3 is 2.76 bits per heavy atom. The largest absolute Gasteiger partial charge is 0.484 e. The van der Waals surface area contributed by atoms with Crippen LogP contribution >= 0.6 is 0 Å². The molecular weight excluding hydrogens is 322 g/mol. The molecule has 2 aliphatic heterocycles. The van der Waals surface area contributed by atoms with E-state index in [1.54, 1.807) is 4.68 Å². The Balaban J connectivity index is 1.42. The number of fused-ring (bicyclic) bond motifs is 1. The van der Waals surface area contributed by atoms with Crippen LogP contribution in [0.25, 0.3) is 0 Å². The minimum absolute atomic E-state index is 0.0257. The predicted octanol–water partition coefficient (Wildman–Crippen LogP) is 1.21. The Morgan fingerprint density at radius 1 is 1.24 bits per heavy atom. The minimum Gasteiger partial charge on any atom is -0.484 e. The molecule has 2 amide bonds. The minimum atomic E-state index is -0.188. The van der Waals surface area contributed by atoms with Crippen LogP contribution < -0.4 is 10.1 Å². The third-order valence-electron chi connectivity index (χ3n) is 4.58. The smallest absolute Gasteiger partial charge is 0.260 e. The molecule has 1 saturated heterocycles. The summed E-state index contributed by atoms with van der Waals surface area (Å²) in [6.07, 6.45) is 3.87. The van der Waals surface area contributed by atoms with Gasteiger partial charge >= 0.3 is 0 Å². The van der Waals surface area contributed by atoms with Crippen molar-refractivity contribution in [3.63, 3.8) is 0 Å². The molecule has 1 atom stereocenters. The molecule has 3 heterocycles. The van der Waals surface area contributed by atoms with E-state index in [-0.39, 0.29) is 24.5 Å². The number of anilines is 1. The molecule has 0 bridgehead atoms. The first-order valence-electron chi connectivity index (χ1n) is 8.40. The van der Waals surface area contributed by atoms with Gasteiger partial charge in [0.25, 0.3) is 5.91 Å². The van der Waals surface area contributed by atoms with Gasteiger partial charge < -0.3 is 9.64 Å². The van der Waals surface area contributed by atoms with E-state index >= 15 is 0 Å². The zero-order valence-corrected chi connectivity index (χ0v) is 13.7. The van der Waals surface area contributed by atoms with Crippen LogP contribution in [0.1, 0.15) is 30.9 Å². The molecule has 0 aliphatic carbocycles. The molecule has 25 heavy (non-hydrogen) atoms. The quantitative estimate of drug-likeness (QED) is 0.903. The van der Waals surface area contributed by atoms with Gasteiger partial charge in [0.05, 0.1) is 12.5 Å². The van der Waals surface area contributed by atoms with E-state index in [9.17, 15) is 9.59 Å². The Kier molecular flexibility index (Phi) is 4.09. The average molecular weight is 341 g/mol. The molecule has 8 nitrogen and oxygen atoms in total. The monoisotopic (exact) mass is 341 g/mol. The van der Waals surface area contributed by atoms with E-state index in [4.69, 9.17) is 4.74 Å². The van der Waals surface area contributed by atoms with Crippen LogP contribution in [0.15, 0.2) is 30.6 Å². The molecule has 1 fully saturated rings. The van der Waals surface area contributed by atoms with Gasteiger partial charge in [0.2, 0.25) is 11.9 Å². The topological polar surface area (TPSA) is 89.4 Å². The first-order chi connectivity index (χ1) is 12.2. The molecule has 1 unspecified atom stereocenters. The van der Waals surface area contributed by atoms with E-state index in [2.05, 4.69) is 15.4 Å². The number of hydrogen-bond acceptors (Lipinski definition) is 5. The van der Waals surface area contributed by atoms with Gasteiger partial charge in [-0.15, -0.1) is 0 Å². The first-order valence-corrected chi connectivity index (χ1v) is 8.40. The average Bonchev–Trinajstić information content (AvgIpc) is 3.31. The number of nitrogens with zero attached hydrogens (tertiary/aromatic N) is 4. The van der Waals surface area contributed by atoms with Crippen molar-refractivity contribution in [3.8, 4) is 5.75 Å². The van der Waals surface area contributed by atoms with Gasteiger partial charge in [-0.3, -0.25) is 14.9 Å². The lowest BCUT2D eigenvalue weighted by molar-refractivity contribution is -0.132. The second-order valence-electron chi connectivity index (χ2n) is 6.24. The van der Waals surface area contributed by atoms with Crippen LogP contribution in [-0.4, -0.2) is 51.2 Å². The van der Waals surface area contributed by atoms with Crippen molar-refractivity contribution in [2.45, 2.75) is 25.3 Å². The summed E-state index contributed by atoms with van der Waals surface area (Å²) >= 11 is 0. The second-order valence-corrected chi connectivity index (χ2v) is 6.24. The maximum Gasteiger partial charge on any atom is 0.260 e. The Labute approximate surface area is 144 Å². The zero-order valence-electron chi connectivity index (χ0n) is 13.7. The molecule has 130 valence electrons. The van der Waals surface area contributed by atoms with Crippen molar-refractivity contribution >= 4 is 17.8 Å². The fourth-order valence-electron chi connectivity index (χ4n) is 3.25. The Bertz CT molecular complexity index is 780. The summed E-state index contributed by atoms with van der Waals surface area (Å²) in [5, 5.41) is 6.88. The number of carbonyl (C=O) groups excluding carboxylic acids is 2. The molecule has 1 N–H and O–H groups in total. The normalized spacial score (nSPS) is 19.4. The molecule has 0 saturated carbocycles. The molecule has 2 aromatic rings. The number of benzene rings is 1. The maximum atomic E-state index is 12.0. The third kappa shape index (κ3) is 3.19. The molecule has 8 heteroatoms. The highest BCUT2D eigenvalue weighted by atomic mass is 16.5. The van der Waals surface area contributed by atoms with E-state index < -0.39 is 0 Å². The van der Waals surface area contributed by atoms with E-state index in [1.807, 2.05) is 29.2 Å². The van der Waals surface area contributed by atoms with E-state index in [0.29, 0.717) is 18.1 Å². The predicted molar refractivity (Wildman–Crippen MR) is 89.2 cm³/mol. The van der Waals surface area contributed by atoms with Gasteiger partial charge in [0.15, 0.2) is 6.61 Å². The number of amides is 2. The van der Waals surface area contributed by atoms with Gasteiger partial charge in [-0.1, -0.05) is 12.1 Å². The third-order valence-corrected chi connectivity index (χ3v) is 4.58. The molecule has 2 aliphatic rings. The van der Waals surface area contributed by atoms with Crippen LogP contribution in [0.4, 0.5) is 5.95 Å². The summed E-state index contributed by atoms with van der Waals surface area (Å²) in [4.78, 5) is 29.7. The number of carbonyl (C=O) groups is 2. The molecule has 0 radical (unpaired) electrons. The molecule has 0 spiro atoms. The van der Waals surface area contributed by atoms with Crippen molar-refractivity contribution in [1.29, 1.82) is 0 Å². The molecule has 4 rings (SSSR count). The van der Waals surface area contributed by atoms with Gasteiger partial charge in [-0.05, 0) is 30.5 Å². The Hall–Kier alpha value is -2.90. The lowest BCUT2D eigenvalue weighted by Crippen LogP contribution is -2.32. The summed E-state index contributed by atoms with van der Waals surface area (Å²) in [5.74, 6) is 1.04. The van der Waals surface area contributed by atoms with Gasteiger partial charge in [0, 0.05) is 13.1 Å². The van der Waals surface area contributed by atoms with Crippen molar-refractivity contribution in [3.05, 3.63) is 36.2 Å². The number of ether oxygens (including phenoxy) is 1. The van der Waals surface area contributed by atoms with Gasteiger partial charge in [0.1, 0.15) is 12.1 Å². The maximum absolute atomic E-state index is 12.0. The van der Waals surface area contributed by atoms with Crippen LogP contribution in [-0.2, 0) is 9.59 Å². The SMILES string of the molecule is O=C1CC(c2ccc(OCC(=O)N3CCCC3)cc2)n2ncnc2N1. The summed E-state index contributed by atoms with van der Waals surface area (Å²) in [6, 6.07) is 7.23. The van der Waals surface area contributed by atoms with Crippen molar-refractivity contribution in [2.24, 2.45) is 0 Å². The van der Waals surface area contributed by atoms with Crippen LogP contribution in [0.2, 0.25) is 0 Å². The lowest BCUT2D eigenvalue weighted by atomic mass is 10.0. The van der Waals surface area contributed by atoms with Crippen LogP contribution in [0.3, 0.4) is 0 Å². The number of rotatable bonds is 4. The van der Waals surface area contributed by atoms with E-state index in [0.717, 1.165) is 31.5 Å². The summed E-state index contributed by atoms with van der Waals surface area (Å²) < 4.78 is 7.30. The second kappa shape index (κ2) is 6.54. The highest BCUT2D eigenvalue weighted by Crippen LogP contribution is 2.29. The summed E-state index contributed by atoms with van der Waals surface area (Å²) in [5.41, 5.74) is 0.944. The van der Waals surface area contributed by atoms with Crippen molar-refractivity contribution in [2.75, 3.05) is 25.0 Å². The Morgan fingerprint density at radius 2 is 2.00 bits per heavy atom. The number of likely N-dealkylation sites (tertiary alicyclic amines) is 1. The molecule has 1 aromatic heterocycles. The van der Waals surface area contributed by atoms with Gasteiger partial charge in [-0.25, -0.2) is 4.68 Å². The molecular formula is C17H19N5O3. The fourth-order valence-corrected chi connectivity index (χ4v) is 3.25. The summed E-state index contributed by atoms with van der Waals surface area (Å²) in [6.45, 7) is 1.70. The highest BCUT2D eigenvalue weighted by molar-refractivity contribution is 5.91. The van der Waals surface area contributed by atoms with Gasteiger partial charge in [-0.2, -0.15) is 10.1 Å². The van der Waals surface area contributed by atoms with Crippen LogP contribution in [0.5, 0.6) is 5.75 Å². The fraction of sp³-hybridized carbons (Fsp3) is 0.412. The number of hydrogen-bond donors (Lipinski definition) is 1. The first kappa shape index (κ1) is 15.6. The van der Waals surface area contributed by atoms with Crippen molar-refractivity contribution < 1.29 is 14.3 Å². The van der Waals surface area contributed by atoms with Crippen molar-refractivity contribution in [1.82, 2.24) is 19.7 Å². The molecule has 1 aromatic carbocycles. The lowest BCUT2D eigenvalue weighted by Gasteiger charge is -2.23. The summed E-state index contributed by atoms with van der Waals surface area (Å²) in [7, 11) is 0. The number of aromatic nitrogens is 3.